The highest BCUT2D eigenvalue weighted by molar-refractivity contribution is 5.99. The van der Waals surface area contributed by atoms with E-state index in [1.165, 1.54) is 18.2 Å². The van der Waals surface area contributed by atoms with Gasteiger partial charge >= 0.3 is 0 Å². The van der Waals surface area contributed by atoms with Crippen LogP contribution in [0.1, 0.15) is 20.3 Å². The molecule has 0 bridgehead atoms. The second kappa shape index (κ2) is 5.38. The summed E-state index contributed by atoms with van der Waals surface area (Å²) in [6.07, 6.45) is 0.555. The second-order valence-electron chi connectivity index (χ2n) is 5.11. The SMILES string of the molecule is CC(C)NC(=O)C1CC1C(=O)Nc1cccc(F)c1. The number of benzene rings is 1. The van der Waals surface area contributed by atoms with Gasteiger partial charge in [-0.3, -0.25) is 9.59 Å². The number of nitrogens with one attached hydrogen (secondary N) is 2. The molecule has 5 heteroatoms. The fraction of sp³-hybridized carbons (Fsp3) is 0.429. The first kappa shape index (κ1) is 13.5. The minimum Gasteiger partial charge on any atom is -0.354 e. The molecule has 1 fully saturated rings. The minimum absolute atomic E-state index is 0.0695. The van der Waals surface area contributed by atoms with Gasteiger partial charge in [0.2, 0.25) is 11.8 Å². The number of hydrogen-bond acceptors (Lipinski definition) is 2. The molecule has 2 rings (SSSR count). The molecule has 0 saturated heterocycles. The summed E-state index contributed by atoms with van der Waals surface area (Å²) in [5, 5.41) is 5.41. The maximum Gasteiger partial charge on any atom is 0.228 e. The lowest BCUT2D eigenvalue weighted by molar-refractivity contribution is -0.125. The molecule has 1 aliphatic rings. The van der Waals surface area contributed by atoms with E-state index < -0.39 is 5.82 Å². The standard InChI is InChI=1S/C14H17FN2O2/c1-8(2)16-13(18)11-7-12(11)14(19)17-10-5-3-4-9(15)6-10/h3-6,8,11-12H,7H2,1-2H3,(H,16,18)(H,17,19). The summed E-state index contributed by atoms with van der Waals surface area (Å²) >= 11 is 0. The maximum absolute atomic E-state index is 13.0. The van der Waals surface area contributed by atoms with Crippen molar-refractivity contribution in [2.75, 3.05) is 5.32 Å². The Hall–Kier alpha value is -1.91. The van der Waals surface area contributed by atoms with Gasteiger partial charge in [-0.25, -0.2) is 4.39 Å². The lowest BCUT2D eigenvalue weighted by Crippen LogP contribution is -2.32. The van der Waals surface area contributed by atoms with Crippen molar-refractivity contribution >= 4 is 17.5 Å². The Morgan fingerprint density at radius 2 is 1.95 bits per heavy atom. The third-order valence-corrected chi connectivity index (χ3v) is 2.99. The summed E-state index contributed by atoms with van der Waals surface area (Å²) in [6.45, 7) is 3.75. The summed E-state index contributed by atoms with van der Waals surface area (Å²) in [6, 6.07) is 5.78. The van der Waals surface area contributed by atoms with E-state index in [1.54, 1.807) is 6.07 Å². The molecule has 102 valence electrons. The Morgan fingerprint density at radius 1 is 1.26 bits per heavy atom. The lowest BCUT2D eigenvalue weighted by atomic mass is 10.2. The van der Waals surface area contributed by atoms with Gasteiger partial charge in [-0.2, -0.15) is 0 Å². The van der Waals surface area contributed by atoms with Crippen LogP contribution in [-0.4, -0.2) is 17.9 Å². The van der Waals surface area contributed by atoms with Crippen LogP contribution in [0.3, 0.4) is 0 Å². The minimum atomic E-state index is -0.400. The molecular weight excluding hydrogens is 247 g/mol. The Balaban J connectivity index is 1.88. The van der Waals surface area contributed by atoms with Gasteiger partial charge < -0.3 is 10.6 Å². The maximum atomic E-state index is 13.0. The van der Waals surface area contributed by atoms with Gasteiger partial charge in [0.05, 0.1) is 11.8 Å². The number of carbonyl (C=O) groups is 2. The fourth-order valence-corrected chi connectivity index (χ4v) is 1.97. The smallest absolute Gasteiger partial charge is 0.228 e. The normalized spacial score (nSPS) is 21.1. The van der Waals surface area contributed by atoms with E-state index in [1.807, 2.05) is 13.8 Å². The Kier molecular flexibility index (Phi) is 3.83. The van der Waals surface area contributed by atoms with E-state index in [0.29, 0.717) is 12.1 Å². The number of anilines is 1. The summed E-state index contributed by atoms with van der Waals surface area (Å²) in [5.41, 5.74) is 0.417. The van der Waals surface area contributed by atoms with Crippen molar-refractivity contribution in [1.29, 1.82) is 0 Å². The molecule has 2 amide bonds. The topological polar surface area (TPSA) is 58.2 Å². The molecular formula is C14H17FN2O2. The Morgan fingerprint density at radius 3 is 2.58 bits per heavy atom. The largest absolute Gasteiger partial charge is 0.354 e. The van der Waals surface area contributed by atoms with Gasteiger partial charge in [0.25, 0.3) is 0 Å². The molecule has 19 heavy (non-hydrogen) atoms. The van der Waals surface area contributed by atoms with Crippen molar-refractivity contribution in [2.24, 2.45) is 11.8 Å². The quantitative estimate of drug-likeness (QED) is 0.873. The average molecular weight is 264 g/mol. The number of hydrogen-bond donors (Lipinski definition) is 2. The second-order valence-corrected chi connectivity index (χ2v) is 5.11. The van der Waals surface area contributed by atoms with E-state index in [2.05, 4.69) is 10.6 Å². The average Bonchev–Trinajstić information content (AvgIpc) is 3.07. The molecule has 4 nitrogen and oxygen atoms in total. The number of halogens is 1. The predicted octanol–water partition coefficient (Wildman–Crippen LogP) is 1.92. The predicted molar refractivity (Wildman–Crippen MR) is 69.9 cm³/mol. The van der Waals surface area contributed by atoms with Crippen molar-refractivity contribution in [3.05, 3.63) is 30.1 Å². The summed E-state index contributed by atoms with van der Waals surface area (Å²) in [4.78, 5) is 23.6. The molecule has 1 aromatic rings. The zero-order chi connectivity index (χ0) is 14.0. The van der Waals surface area contributed by atoms with Crippen molar-refractivity contribution in [3.8, 4) is 0 Å². The molecule has 0 radical (unpaired) electrons. The van der Waals surface area contributed by atoms with Gasteiger partial charge in [-0.05, 0) is 38.5 Å². The fourth-order valence-electron chi connectivity index (χ4n) is 1.97. The summed E-state index contributed by atoms with van der Waals surface area (Å²) in [7, 11) is 0. The van der Waals surface area contributed by atoms with Crippen LogP contribution in [0.2, 0.25) is 0 Å². The van der Waals surface area contributed by atoms with Crippen molar-refractivity contribution in [2.45, 2.75) is 26.3 Å². The summed E-state index contributed by atoms with van der Waals surface area (Å²) < 4.78 is 13.0. The van der Waals surface area contributed by atoms with Crippen molar-refractivity contribution < 1.29 is 14.0 Å². The molecule has 2 atom stereocenters. The Bertz CT molecular complexity index is 502. The zero-order valence-electron chi connectivity index (χ0n) is 10.9. The van der Waals surface area contributed by atoms with E-state index >= 15 is 0 Å². The van der Waals surface area contributed by atoms with Gasteiger partial charge in [0, 0.05) is 11.7 Å². The zero-order valence-corrected chi connectivity index (χ0v) is 10.9. The van der Waals surface area contributed by atoms with Crippen LogP contribution in [0, 0.1) is 17.7 Å². The van der Waals surface area contributed by atoms with Crippen LogP contribution in [0.4, 0.5) is 10.1 Å². The molecule has 1 saturated carbocycles. The summed E-state index contributed by atoms with van der Waals surface area (Å²) in [5.74, 6) is -1.27. The first-order valence-corrected chi connectivity index (χ1v) is 6.34. The molecule has 0 heterocycles. The van der Waals surface area contributed by atoms with E-state index in [9.17, 15) is 14.0 Å². The van der Waals surface area contributed by atoms with E-state index in [4.69, 9.17) is 0 Å². The van der Waals surface area contributed by atoms with Gasteiger partial charge in [-0.15, -0.1) is 0 Å². The van der Waals surface area contributed by atoms with Crippen LogP contribution >= 0.6 is 0 Å². The number of carbonyl (C=O) groups excluding carboxylic acids is 2. The van der Waals surface area contributed by atoms with Gasteiger partial charge in [0.1, 0.15) is 5.82 Å². The van der Waals surface area contributed by atoms with Crippen LogP contribution in [0.25, 0.3) is 0 Å². The van der Waals surface area contributed by atoms with Crippen molar-refractivity contribution in [1.82, 2.24) is 5.32 Å². The van der Waals surface area contributed by atoms with Crippen molar-refractivity contribution in [3.63, 3.8) is 0 Å². The highest BCUT2D eigenvalue weighted by atomic mass is 19.1. The molecule has 2 unspecified atom stereocenters. The molecule has 2 N–H and O–H groups in total. The first-order chi connectivity index (χ1) is 8.97. The van der Waals surface area contributed by atoms with Gasteiger partial charge in [-0.1, -0.05) is 6.07 Å². The van der Waals surface area contributed by atoms with Crippen LogP contribution in [0.5, 0.6) is 0 Å². The molecule has 1 aromatic carbocycles. The lowest BCUT2D eigenvalue weighted by Gasteiger charge is -2.08. The molecule has 0 aromatic heterocycles. The number of amides is 2. The molecule has 0 spiro atoms. The molecule has 1 aliphatic carbocycles. The Labute approximate surface area is 111 Å². The highest BCUT2D eigenvalue weighted by Gasteiger charge is 2.48. The highest BCUT2D eigenvalue weighted by Crippen LogP contribution is 2.39. The van der Waals surface area contributed by atoms with Crippen LogP contribution in [-0.2, 0) is 9.59 Å². The third-order valence-electron chi connectivity index (χ3n) is 2.99. The monoisotopic (exact) mass is 264 g/mol. The first-order valence-electron chi connectivity index (χ1n) is 6.34. The number of rotatable bonds is 4. The van der Waals surface area contributed by atoms with Crippen LogP contribution < -0.4 is 10.6 Å². The third kappa shape index (κ3) is 3.53. The van der Waals surface area contributed by atoms with Crippen LogP contribution in [0.15, 0.2) is 24.3 Å². The van der Waals surface area contributed by atoms with E-state index in [0.717, 1.165) is 0 Å². The molecule has 0 aliphatic heterocycles. The van der Waals surface area contributed by atoms with Gasteiger partial charge in [0.15, 0.2) is 0 Å². The van der Waals surface area contributed by atoms with E-state index in [-0.39, 0.29) is 29.7 Å².